The minimum atomic E-state index is -0.119. The second-order valence-corrected chi connectivity index (χ2v) is 5.38. The maximum Gasteiger partial charge on any atom is 0.225 e. The number of nitrogens with zero attached hydrogens (tertiary/aromatic N) is 1. The van der Waals surface area contributed by atoms with Crippen LogP contribution in [0.5, 0.6) is 0 Å². The van der Waals surface area contributed by atoms with Gasteiger partial charge in [0.2, 0.25) is 11.8 Å². The van der Waals surface area contributed by atoms with Crippen molar-refractivity contribution in [2.45, 2.75) is 39.2 Å². The van der Waals surface area contributed by atoms with Gasteiger partial charge in [-0.15, -0.1) is 0 Å². The van der Waals surface area contributed by atoms with E-state index in [2.05, 4.69) is 19.2 Å². The molecule has 4 nitrogen and oxygen atoms in total. The SMILES string of the molecule is CC(C)CN1C[C@H](C(=O)NC2CC2)CC1=O. The van der Waals surface area contributed by atoms with Gasteiger partial charge < -0.3 is 10.2 Å². The lowest BCUT2D eigenvalue weighted by atomic mass is 10.1. The van der Waals surface area contributed by atoms with E-state index in [1.165, 1.54) is 0 Å². The second kappa shape index (κ2) is 4.44. The predicted molar refractivity (Wildman–Crippen MR) is 60.7 cm³/mol. The van der Waals surface area contributed by atoms with Gasteiger partial charge in [-0.2, -0.15) is 0 Å². The van der Waals surface area contributed by atoms with Gasteiger partial charge in [-0.3, -0.25) is 9.59 Å². The van der Waals surface area contributed by atoms with Crippen molar-refractivity contribution in [1.29, 1.82) is 0 Å². The van der Waals surface area contributed by atoms with Gasteiger partial charge in [0.25, 0.3) is 0 Å². The molecule has 0 aromatic carbocycles. The van der Waals surface area contributed by atoms with E-state index in [-0.39, 0.29) is 17.7 Å². The Kier molecular flexibility index (Phi) is 3.17. The van der Waals surface area contributed by atoms with Gasteiger partial charge in [0, 0.05) is 25.6 Å². The van der Waals surface area contributed by atoms with Crippen molar-refractivity contribution in [1.82, 2.24) is 10.2 Å². The highest BCUT2D eigenvalue weighted by Crippen LogP contribution is 2.23. The molecule has 2 fully saturated rings. The van der Waals surface area contributed by atoms with Gasteiger partial charge in [-0.05, 0) is 18.8 Å². The first-order chi connectivity index (χ1) is 7.56. The van der Waals surface area contributed by atoms with Crippen molar-refractivity contribution < 1.29 is 9.59 Å². The largest absolute Gasteiger partial charge is 0.353 e. The average molecular weight is 224 g/mol. The molecular weight excluding hydrogens is 204 g/mol. The highest BCUT2D eigenvalue weighted by Gasteiger charge is 2.36. The molecule has 1 N–H and O–H groups in total. The van der Waals surface area contributed by atoms with Gasteiger partial charge in [0.1, 0.15) is 0 Å². The minimum absolute atomic E-state index is 0.0714. The van der Waals surface area contributed by atoms with Crippen LogP contribution in [-0.4, -0.2) is 35.8 Å². The maximum atomic E-state index is 11.8. The normalized spacial score (nSPS) is 25.3. The standard InChI is InChI=1S/C12H20N2O2/c1-8(2)6-14-7-9(5-11(14)15)12(16)13-10-3-4-10/h8-10H,3-7H2,1-2H3,(H,13,16)/t9-/m1/s1. The molecule has 1 saturated carbocycles. The number of nitrogens with one attached hydrogen (secondary N) is 1. The van der Waals surface area contributed by atoms with Crippen molar-refractivity contribution in [3.05, 3.63) is 0 Å². The third kappa shape index (κ3) is 2.74. The van der Waals surface area contributed by atoms with Gasteiger partial charge >= 0.3 is 0 Å². The lowest BCUT2D eigenvalue weighted by Crippen LogP contribution is -2.35. The number of rotatable bonds is 4. The Balaban J connectivity index is 1.84. The van der Waals surface area contributed by atoms with Gasteiger partial charge in [0.05, 0.1) is 5.92 Å². The summed E-state index contributed by atoms with van der Waals surface area (Å²) in [6.45, 7) is 5.55. The molecule has 1 saturated heterocycles. The van der Waals surface area contributed by atoms with Crippen LogP contribution >= 0.6 is 0 Å². The lowest BCUT2D eigenvalue weighted by molar-refractivity contribution is -0.129. The molecule has 0 bridgehead atoms. The quantitative estimate of drug-likeness (QED) is 0.766. The molecule has 2 rings (SSSR count). The summed E-state index contributed by atoms with van der Waals surface area (Å²) < 4.78 is 0. The fourth-order valence-electron chi connectivity index (χ4n) is 2.11. The molecule has 4 heteroatoms. The number of hydrogen-bond acceptors (Lipinski definition) is 2. The summed E-state index contributed by atoms with van der Waals surface area (Å²) in [4.78, 5) is 25.3. The van der Waals surface area contributed by atoms with Crippen LogP contribution in [-0.2, 0) is 9.59 Å². The third-order valence-electron chi connectivity index (χ3n) is 3.09. The summed E-state index contributed by atoms with van der Waals surface area (Å²) in [6, 6.07) is 0.391. The van der Waals surface area contributed by atoms with Gasteiger partial charge in [-0.1, -0.05) is 13.8 Å². The van der Waals surface area contributed by atoms with Crippen LogP contribution in [0, 0.1) is 11.8 Å². The highest BCUT2D eigenvalue weighted by molar-refractivity contribution is 5.89. The van der Waals surface area contributed by atoms with Crippen LogP contribution in [0.4, 0.5) is 0 Å². The smallest absolute Gasteiger partial charge is 0.225 e. The number of amides is 2. The summed E-state index contributed by atoms with van der Waals surface area (Å²) in [5, 5.41) is 2.97. The molecule has 0 unspecified atom stereocenters. The summed E-state index contributed by atoms with van der Waals surface area (Å²) in [7, 11) is 0. The lowest BCUT2D eigenvalue weighted by Gasteiger charge is -2.18. The van der Waals surface area contributed by atoms with E-state index < -0.39 is 0 Å². The molecule has 0 aromatic heterocycles. The van der Waals surface area contributed by atoms with Crippen LogP contribution in [0.1, 0.15) is 33.1 Å². The fraction of sp³-hybridized carbons (Fsp3) is 0.833. The Morgan fingerprint density at radius 3 is 2.75 bits per heavy atom. The molecule has 0 aromatic rings. The topological polar surface area (TPSA) is 49.4 Å². The van der Waals surface area contributed by atoms with Crippen LogP contribution in [0.25, 0.3) is 0 Å². The minimum Gasteiger partial charge on any atom is -0.353 e. The molecule has 1 atom stereocenters. The molecular formula is C12H20N2O2. The fourth-order valence-corrected chi connectivity index (χ4v) is 2.11. The van der Waals surface area contributed by atoms with Crippen molar-refractivity contribution in [2.75, 3.05) is 13.1 Å². The molecule has 0 radical (unpaired) electrons. The van der Waals surface area contributed by atoms with E-state index in [9.17, 15) is 9.59 Å². The highest BCUT2D eigenvalue weighted by atomic mass is 16.2. The molecule has 1 heterocycles. The molecule has 16 heavy (non-hydrogen) atoms. The molecule has 2 aliphatic rings. The summed E-state index contributed by atoms with van der Waals surface area (Å²) in [5.74, 6) is 0.549. The predicted octanol–water partition coefficient (Wildman–Crippen LogP) is 0.769. The van der Waals surface area contributed by atoms with E-state index >= 15 is 0 Å². The number of carbonyl (C=O) groups excluding carboxylic acids is 2. The maximum absolute atomic E-state index is 11.8. The molecule has 2 amide bonds. The summed E-state index contributed by atoms with van der Waals surface area (Å²) >= 11 is 0. The zero-order valence-corrected chi connectivity index (χ0v) is 10.0. The number of likely N-dealkylation sites (tertiary alicyclic amines) is 1. The van der Waals surface area contributed by atoms with Gasteiger partial charge in [0.15, 0.2) is 0 Å². The Hall–Kier alpha value is -1.06. The van der Waals surface area contributed by atoms with Crippen LogP contribution in [0.3, 0.4) is 0 Å². The van der Waals surface area contributed by atoms with Crippen molar-refractivity contribution in [3.63, 3.8) is 0 Å². The Morgan fingerprint density at radius 1 is 1.50 bits per heavy atom. The number of carbonyl (C=O) groups is 2. The first-order valence-corrected chi connectivity index (χ1v) is 6.14. The summed E-state index contributed by atoms with van der Waals surface area (Å²) in [6.07, 6.45) is 2.59. The van der Waals surface area contributed by atoms with E-state index in [0.29, 0.717) is 24.9 Å². The first-order valence-electron chi connectivity index (χ1n) is 6.14. The van der Waals surface area contributed by atoms with E-state index in [1.54, 1.807) is 0 Å². The zero-order valence-electron chi connectivity index (χ0n) is 10.0. The average Bonchev–Trinajstić information content (AvgIpc) is 2.92. The first kappa shape index (κ1) is 11.4. The Morgan fingerprint density at radius 2 is 2.19 bits per heavy atom. The van der Waals surface area contributed by atoms with Crippen LogP contribution in [0.15, 0.2) is 0 Å². The van der Waals surface area contributed by atoms with Crippen LogP contribution in [0.2, 0.25) is 0 Å². The van der Waals surface area contributed by atoms with E-state index in [1.807, 2.05) is 4.90 Å². The Bertz CT molecular complexity index is 297. The van der Waals surface area contributed by atoms with Gasteiger partial charge in [-0.25, -0.2) is 0 Å². The third-order valence-corrected chi connectivity index (χ3v) is 3.09. The Labute approximate surface area is 96.4 Å². The molecule has 90 valence electrons. The number of hydrogen-bond donors (Lipinski definition) is 1. The molecule has 1 aliphatic carbocycles. The van der Waals surface area contributed by atoms with E-state index in [0.717, 1.165) is 19.4 Å². The monoisotopic (exact) mass is 224 g/mol. The second-order valence-electron chi connectivity index (χ2n) is 5.38. The zero-order chi connectivity index (χ0) is 11.7. The molecule has 0 spiro atoms. The molecule has 1 aliphatic heterocycles. The van der Waals surface area contributed by atoms with Crippen molar-refractivity contribution in [2.24, 2.45) is 11.8 Å². The van der Waals surface area contributed by atoms with Crippen molar-refractivity contribution >= 4 is 11.8 Å². The van der Waals surface area contributed by atoms with Crippen molar-refractivity contribution in [3.8, 4) is 0 Å². The summed E-state index contributed by atoms with van der Waals surface area (Å²) in [5.41, 5.74) is 0. The van der Waals surface area contributed by atoms with Crippen LogP contribution < -0.4 is 5.32 Å². The van der Waals surface area contributed by atoms with E-state index in [4.69, 9.17) is 0 Å².